The van der Waals surface area contributed by atoms with Crippen LogP contribution in [0.3, 0.4) is 0 Å². The first-order valence-electron chi connectivity index (χ1n) is 6.61. The monoisotopic (exact) mass is 288 g/mol. The summed E-state index contributed by atoms with van der Waals surface area (Å²) >= 11 is 5.97. The van der Waals surface area contributed by atoms with E-state index in [0.29, 0.717) is 10.6 Å². The normalized spacial score (nSPS) is 11.9. The number of hydrogen-bond acceptors (Lipinski definition) is 2. The van der Waals surface area contributed by atoms with Gasteiger partial charge in [0.25, 0.3) is 5.91 Å². The van der Waals surface area contributed by atoms with Crippen LogP contribution in [0.15, 0.2) is 48.8 Å². The van der Waals surface area contributed by atoms with Crippen LogP contribution in [-0.2, 0) is 6.42 Å². The zero-order chi connectivity index (χ0) is 14.4. The molecule has 0 fully saturated rings. The molecule has 0 aliphatic carbocycles. The minimum absolute atomic E-state index is 0.0824. The minimum atomic E-state index is -0.177. The third-order valence-corrected chi connectivity index (χ3v) is 3.43. The van der Waals surface area contributed by atoms with Crippen molar-refractivity contribution in [2.75, 3.05) is 0 Å². The third kappa shape index (κ3) is 4.07. The predicted molar refractivity (Wildman–Crippen MR) is 80.9 cm³/mol. The lowest BCUT2D eigenvalue weighted by molar-refractivity contribution is 0.0938. The summed E-state index contributed by atoms with van der Waals surface area (Å²) in [7, 11) is 0. The molecular weight excluding hydrogens is 272 g/mol. The molecule has 1 unspecified atom stereocenters. The fourth-order valence-electron chi connectivity index (χ4n) is 1.95. The highest BCUT2D eigenvalue weighted by atomic mass is 35.5. The molecular formula is C16H17ClN2O. The Morgan fingerprint density at radius 2 is 2.05 bits per heavy atom. The topological polar surface area (TPSA) is 42.0 Å². The van der Waals surface area contributed by atoms with Crippen molar-refractivity contribution in [1.29, 1.82) is 0 Å². The quantitative estimate of drug-likeness (QED) is 0.915. The maximum Gasteiger partial charge on any atom is 0.254 e. The van der Waals surface area contributed by atoms with Gasteiger partial charge in [0.2, 0.25) is 0 Å². The van der Waals surface area contributed by atoms with E-state index in [-0.39, 0.29) is 11.9 Å². The number of pyridine rings is 1. The zero-order valence-corrected chi connectivity index (χ0v) is 12.1. The molecule has 1 heterocycles. The van der Waals surface area contributed by atoms with Gasteiger partial charge in [-0.3, -0.25) is 9.78 Å². The number of aromatic nitrogens is 1. The Labute approximate surface area is 124 Å². The van der Waals surface area contributed by atoms with E-state index in [4.69, 9.17) is 11.6 Å². The highest BCUT2D eigenvalue weighted by Crippen LogP contribution is 2.13. The van der Waals surface area contributed by atoms with Gasteiger partial charge in [-0.25, -0.2) is 0 Å². The molecule has 20 heavy (non-hydrogen) atoms. The maximum absolute atomic E-state index is 12.1. The van der Waals surface area contributed by atoms with Crippen LogP contribution in [-0.4, -0.2) is 16.9 Å². The van der Waals surface area contributed by atoms with Gasteiger partial charge in [-0.1, -0.05) is 41.9 Å². The highest BCUT2D eigenvalue weighted by molar-refractivity contribution is 6.33. The summed E-state index contributed by atoms with van der Waals surface area (Å²) in [5, 5.41) is 3.37. The highest BCUT2D eigenvalue weighted by Gasteiger charge is 2.12. The Morgan fingerprint density at radius 1 is 1.30 bits per heavy atom. The molecule has 1 atom stereocenters. The molecule has 3 nitrogen and oxygen atoms in total. The SMILES string of the molecule is CC(CCc1ccccc1)NC(=O)c1cnccc1Cl. The smallest absolute Gasteiger partial charge is 0.254 e. The van der Waals surface area contributed by atoms with Crippen LogP contribution < -0.4 is 5.32 Å². The Morgan fingerprint density at radius 3 is 2.75 bits per heavy atom. The molecule has 104 valence electrons. The van der Waals surface area contributed by atoms with Crippen LogP contribution in [0.1, 0.15) is 29.3 Å². The fourth-order valence-corrected chi connectivity index (χ4v) is 2.14. The average Bonchev–Trinajstić information content (AvgIpc) is 2.46. The van der Waals surface area contributed by atoms with Crippen LogP contribution in [0.2, 0.25) is 5.02 Å². The summed E-state index contributed by atoms with van der Waals surface area (Å²) in [6.07, 6.45) is 4.87. The van der Waals surface area contributed by atoms with E-state index in [1.807, 2.05) is 25.1 Å². The minimum Gasteiger partial charge on any atom is -0.349 e. The molecule has 0 spiro atoms. The lowest BCUT2D eigenvalue weighted by atomic mass is 10.1. The summed E-state index contributed by atoms with van der Waals surface area (Å²) in [5.41, 5.74) is 1.69. The average molecular weight is 289 g/mol. The Hall–Kier alpha value is -1.87. The third-order valence-electron chi connectivity index (χ3n) is 3.10. The number of aryl methyl sites for hydroxylation is 1. The molecule has 1 aromatic carbocycles. The second-order valence-electron chi connectivity index (χ2n) is 4.75. The summed E-state index contributed by atoms with van der Waals surface area (Å²) in [4.78, 5) is 16.0. The largest absolute Gasteiger partial charge is 0.349 e. The molecule has 1 N–H and O–H groups in total. The Kier molecular flexibility index (Phi) is 5.13. The maximum atomic E-state index is 12.1. The van der Waals surface area contributed by atoms with Gasteiger partial charge in [0.05, 0.1) is 10.6 Å². The van der Waals surface area contributed by atoms with Gasteiger partial charge in [-0.05, 0) is 31.4 Å². The molecule has 0 aliphatic heterocycles. The molecule has 1 aromatic heterocycles. The van der Waals surface area contributed by atoms with Crippen molar-refractivity contribution >= 4 is 17.5 Å². The van der Waals surface area contributed by atoms with Gasteiger partial charge in [0.1, 0.15) is 0 Å². The van der Waals surface area contributed by atoms with Gasteiger partial charge in [0, 0.05) is 18.4 Å². The second kappa shape index (κ2) is 7.06. The van der Waals surface area contributed by atoms with Crippen molar-refractivity contribution in [2.45, 2.75) is 25.8 Å². The first-order chi connectivity index (χ1) is 9.66. The summed E-state index contributed by atoms with van der Waals surface area (Å²) in [6.45, 7) is 1.99. The standard InChI is InChI=1S/C16H17ClN2O/c1-12(7-8-13-5-3-2-4-6-13)19-16(20)14-11-18-10-9-15(14)17/h2-6,9-12H,7-8H2,1H3,(H,19,20). The van der Waals surface area contributed by atoms with E-state index < -0.39 is 0 Å². The molecule has 2 rings (SSSR count). The van der Waals surface area contributed by atoms with Gasteiger partial charge < -0.3 is 5.32 Å². The van der Waals surface area contributed by atoms with E-state index in [0.717, 1.165) is 12.8 Å². The van der Waals surface area contributed by atoms with E-state index in [1.54, 1.807) is 12.3 Å². The number of rotatable bonds is 5. The van der Waals surface area contributed by atoms with Crippen LogP contribution in [0, 0.1) is 0 Å². The van der Waals surface area contributed by atoms with Crippen molar-refractivity contribution in [3.63, 3.8) is 0 Å². The molecule has 2 aromatic rings. The molecule has 1 amide bonds. The number of carbonyl (C=O) groups is 1. The fraction of sp³-hybridized carbons (Fsp3) is 0.250. The van der Waals surface area contributed by atoms with Crippen molar-refractivity contribution in [3.05, 3.63) is 64.9 Å². The van der Waals surface area contributed by atoms with Crippen LogP contribution in [0.5, 0.6) is 0 Å². The first-order valence-corrected chi connectivity index (χ1v) is 6.99. The van der Waals surface area contributed by atoms with Gasteiger partial charge in [-0.15, -0.1) is 0 Å². The lowest BCUT2D eigenvalue weighted by Gasteiger charge is -2.14. The molecule has 0 saturated carbocycles. The number of nitrogens with zero attached hydrogens (tertiary/aromatic N) is 1. The van der Waals surface area contributed by atoms with E-state index in [2.05, 4.69) is 22.4 Å². The van der Waals surface area contributed by atoms with Gasteiger partial charge in [0.15, 0.2) is 0 Å². The number of carbonyl (C=O) groups excluding carboxylic acids is 1. The van der Waals surface area contributed by atoms with Crippen molar-refractivity contribution in [3.8, 4) is 0 Å². The molecule has 0 saturated heterocycles. The Balaban J connectivity index is 1.87. The molecule has 0 bridgehead atoms. The predicted octanol–water partition coefficient (Wildman–Crippen LogP) is 3.49. The summed E-state index contributed by atoms with van der Waals surface area (Å²) < 4.78 is 0. The number of hydrogen-bond donors (Lipinski definition) is 1. The first kappa shape index (κ1) is 14.5. The van der Waals surface area contributed by atoms with Crippen molar-refractivity contribution < 1.29 is 4.79 Å². The van der Waals surface area contributed by atoms with Gasteiger partial charge >= 0.3 is 0 Å². The van der Waals surface area contributed by atoms with Crippen LogP contribution >= 0.6 is 11.6 Å². The van der Waals surface area contributed by atoms with Gasteiger partial charge in [-0.2, -0.15) is 0 Å². The van der Waals surface area contributed by atoms with E-state index in [9.17, 15) is 4.79 Å². The summed E-state index contributed by atoms with van der Waals surface area (Å²) in [5.74, 6) is -0.177. The Bertz CT molecular complexity index is 572. The van der Waals surface area contributed by atoms with Crippen LogP contribution in [0.25, 0.3) is 0 Å². The summed E-state index contributed by atoms with van der Waals surface area (Å²) in [6, 6.07) is 11.9. The lowest BCUT2D eigenvalue weighted by Crippen LogP contribution is -2.33. The van der Waals surface area contributed by atoms with Crippen molar-refractivity contribution in [2.24, 2.45) is 0 Å². The molecule has 0 radical (unpaired) electrons. The number of amides is 1. The second-order valence-corrected chi connectivity index (χ2v) is 5.16. The number of benzene rings is 1. The molecule has 4 heteroatoms. The molecule has 0 aliphatic rings. The van der Waals surface area contributed by atoms with E-state index >= 15 is 0 Å². The van der Waals surface area contributed by atoms with Crippen LogP contribution in [0.4, 0.5) is 0 Å². The van der Waals surface area contributed by atoms with E-state index in [1.165, 1.54) is 11.8 Å². The zero-order valence-electron chi connectivity index (χ0n) is 11.3. The number of halogens is 1. The number of nitrogens with one attached hydrogen (secondary N) is 1. The van der Waals surface area contributed by atoms with Crippen molar-refractivity contribution in [1.82, 2.24) is 10.3 Å².